The molecule has 4 rings (SSSR count). The van der Waals surface area contributed by atoms with Gasteiger partial charge in [0.2, 0.25) is 0 Å². The molecule has 7 heteroatoms. The molecule has 0 radical (unpaired) electrons. The molecular formula is C25H22I2N2O2S. The van der Waals surface area contributed by atoms with E-state index in [1.165, 1.54) is 20.9 Å². The monoisotopic (exact) mass is 668 g/mol. The second-order valence-electron chi connectivity index (χ2n) is 7.28. The first-order valence-electron chi connectivity index (χ1n) is 10.2. The molecule has 0 aliphatic carbocycles. The second-order valence-corrected chi connectivity index (χ2v) is 10.8. The van der Waals surface area contributed by atoms with Crippen molar-refractivity contribution in [2.45, 2.75) is 25.4 Å². The average Bonchev–Trinajstić information content (AvgIpc) is 3.13. The van der Waals surface area contributed by atoms with Crippen molar-refractivity contribution in [3.05, 3.63) is 95.5 Å². The van der Waals surface area contributed by atoms with Crippen LogP contribution in [-0.4, -0.2) is 11.4 Å². The van der Waals surface area contributed by atoms with Crippen LogP contribution in [0.25, 0.3) is 6.08 Å². The first kappa shape index (κ1) is 23.4. The van der Waals surface area contributed by atoms with E-state index in [0.29, 0.717) is 11.5 Å². The van der Waals surface area contributed by atoms with Crippen LogP contribution in [0, 0.1) is 7.14 Å². The van der Waals surface area contributed by atoms with Crippen LogP contribution >= 0.6 is 56.9 Å². The quantitative estimate of drug-likeness (QED) is 0.219. The molecule has 1 aliphatic heterocycles. The summed E-state index contributed by atoms with van der Waals surface area (Å²) in [6, 6.07) is 22.6. The van der Waals surface area contributed by atoms with Crippen LogP contribution in [-0.2, 0) is 17.8 Å². The second kappa shape index (κ2) is 10.9. The highest BCUT2D eigenvalue weighted by Crippen LogP contribution is 2.31. The molecule has 164 valence electrons. The molecule has 1 aliphatic rings. The number of nitrogens with one attached hydrogen (secondary N) is 2. The fourth-order valence-electron chi connectivity index (χ4n) is 3.17. The minimum absolute atomic E-state index is 0.0632. The van der Waals surface area contributed by atoms with E-state index in [4.69, 9.17) is 4.74 Å². The van der Waals surface area contributed by atoms with Crippen LogP contribution in [0.3, 0.4) is 0 Å². The fraction of sp³-hybridized carbons (Fsp3) is 0.160. The summed E-state index contributed by atoms with van der Waals surface area (Å²) in [5, 5.41) is 6.35. The maximum Gasteiger partial charge on any atom is 0.260 e. The van der Waals surface area contributed by atoms with E-state index < -0.39 is 0 Å². The Balaban J connectivity index is 1.38. The van der Waals surface area contributed by atoms with Crippen LogP contribution in [0.5, 0.6) is 5.75 Å². The van der Waals surface area contributed by atoms with E-state index in [2.05, 4.69) is 99.1 Å². The van der Waals surface area contributed by atoms with Crippen molar-refractivity contribution in [2.24, 2.45) is 0 Å². The Morgan fingerprint density at radius 1 is 1.03 bits per heavy atom. The number of carbonyl (C=O) groups is 1. The van der Waals surface area contributed by atoms with Gasteiger partial charge in [-0.05, 0) is 111 Å². The zero-order valence-corrected chi connectivity index (χ0v) is 22.5. The minimum Gasteiger partial charge on any atom is -0.488 e. The predicted octanol–water partition coefficient (Wildman–Crippen LogP) is 6.64. The highest BCUT2D eigenvalue weighted by Gasteiger charge is 2.27. The van der Waals surface area contributed by atoms with Crippen LogP contribution in [0.2, 0.25) is 0 Å². The number of benzene rings is 3. The van der Waals surface area contributed by atoms with Crippen molar-refractivity contribution in [1.29, 1.82) is 0 Å². The summed E-state index contributed by atoms with van der Waals surface area (Å²) in [5.74, 6) is 0.775. The van der Waals surface area contributed by atoms with E-state index in [1.807, 2.05) is 36.4 Å². The summed E-state index contributed by atoms with van der Waals surface area (Å²) in [7, 11) is 0. The summed E-state index contributed by atoms with van der Waals surface area (Å²) in [6.45, 7) is 2.66. The third-order valence-corrected chi connectivity index (χ3v) is 7.54. The van der Waals surface area contributed by atoms with Gasteiger partial charge in [0.1, 0.15) is 12.4 Å². The zero-order valence-electron chi connectivity index (χ0n) is 17.4. The maximum atomic E-state index is 12.4. The molecule has 1 atom stereocenters. The SMILES string of the molecule is CCc1ccc(N[C@H]2NC(=O)/C(=C/c3ccc(OCc4ccc(I)cc4)c(I)c3)S2)cc1. The number of rotatable bonds is 7. The van der Waals surface area contributed by atoms with Gasteiger partial charge in [-0.15, -0.1) is 0 Å². The molecule has 0 unspecified atom stereocenters. The van der Waals surface area contributed by atoms with Gasteiger partial charge in [0, 0.05) is 9.26 Å². The maximum absolute atomic E-state index is 12.4. The highest BCUT2D eigenvalue weighted by molar-refractivity contribution is 14.1. The number of carbonyl (C=O) groups excluding carboxylic acids is 1. The summed E-state index contributed by atoms with van der Waals surface area (Å²) in [6.07, 6.45) is 2.93. The smallest absolute Gasteiger partial charge is 0.260 e. The van der Waals surface area contributed by atoms with Gasteiger partial charge >= 0.3 is 0 Å². The molecule has 1 saturated heterocycles. The molecule has 0 bridgehead atoms. The third-order valence-electron chi connectivity index (χ3n) is 4.95. The predicted molar refractivity (Wildman–Crippen MR) is 150 cm³/mol. The number of hydrogen-bond acceptors (Lipinski definition) is 4. The molecule has 0 saturated carbocycles. The average molecular weight is 668 g/mol. The van der Waals surface area contributed by atoms with E-state index in [-0.39, 0.29) is 11.4 Å². The van der Waals surface area contributed by atoms with Crippen molar-refractivity contribution in [1.82, 2.24) is 5.32 Å². The molecule has 2 N–H and O–H groups in total. The van der Waals surface area contributed by atoms with Gasteiger partial charge in [-0.3, -0.25) is 4.79 Å². The molecule has 0 aromatic heterocycles. The number of ether oxygens (including phenoxy) is 1. The van der Waals surface area contributed by atoms with Gasteiger partial charge in [-0.2, -0.15) is 0 Å². The minimum atomic E-state index is -0.183. The lowest BCUT2D eigenvalue weighted by Gasteiger charge is -2.12. The van der Waals surface area contributed by atoms with Crippen LogP contribution in [0.4, 0.5) is 5.69 Å². The van der Waals surface area contributed by atoms with Crippen molar-refractivity contribution in [2.75, 3.05) is 5.32 Å². The molecule has 1 heterocycles. The first-order valence-corrected chi connectivity index (χ1v) is 13.3. The highest BCUT2D eigenvalue weighted by atomic mass is 127. The Morgan fingerprint density at radius 3 is 2.44 bits per heavy atom. The standard InChI is InChI=1S/C25H22I2N2O2S/c1-2-16-5-10-20(11-6-16)28-25-29-24(30)23(32-25)14-18-7-12-22(21(27)13-18)31-15-17-3-8-19(26)9-4-17/h3-14,25,28H,2,15H2,1H3,(H,29,30)/b23-14-/t25-/m0/s1. The van der Waals surface area contributed by atoms with Crippen LogP contribution in [0.15, 0.2) is 71.6 Å². The lowest BCUT2D eigenvalue weighted by molar-refractivity contribution is -0.116. The summed E-state index contributed by atoms with van der Waals surface area (Å²) in [4.78, 5) is 13.1. The topological polar surface area (TPSA) is 50.4 Å². The van der Waals surface area contributed by atoms with Gasteiger partial charge in [-0.25, -0.2) is 0 Å². The van der Waals surface area contributed by atoms with Crippen molar-refractivity contribution in [3.63, 3.8) is 0 Å². The van der Waals surface area contributed by atoms with Gasteiger partial charge in [0.25, 0.3) is 5.91 Å². The molecule has 3 aromatic rings. The van der Waals surface area contributed by atoms with Crippen LogP contribution in [0.1, 0.15) is 23.6 Å². The lowest BCUT2D eigenvalue weighted by Crippen LogP contribution is -2.30. The molecule has 1 fully saturated rings. The zero-order chi connectivity index (χ0) is 22.5. The van der Waals surface area contributed by atoms with Crippen molar-refractivity contribution >= 4 is 74.6 Å². The Morgan fingerprint density at radius 2 is 1.75 bits per heavy atom. The lowest BCUT2D eigenvalue weighted by atomic mass is 10.1. The van der Waals surface area contributed by atoms with E-state index in [0.717, 1.165) is 32.6 Å². The third kappa shape index (κ3) is 6.20. The number of halogens is 2. The Bertz CT molecular complexity index is 1130. The van der Waals surface area contributed by atoms with Crippen LogP contribution < -0.4 is 15.4 Å². The van der Waals surface area contributed by atoms with E-state index in [9.17, 15) is 4.79 Å². The number of thioether (sulfide) groups is 1. The molecule has 4 nitrogen and oxygen atoms in total. The van der Waals surface area contributed by atoms with Gasteiger partial charge in [0.05, 0.1) is 8.48 Å². The summed E-state index contributed by atoms with van der Waals surface area (Å²) in [5.41, 5.74) is 4.21. The Labute approximate surface area is 219 Å². The van der Waals surface area contributed by atoms with Crippen molar-refractivity contribution in [3.8, 4) is 5.75 Å². The largest absolute Gasteiger partial charge is 0.488 e. The molecular weight excluding hydrogens is 646 g/mol. The Kier molecular flexibility index (Phi) is 8.01. The molecule has 1 amide bonds. The van der Waals surface area contributed by atoms with Gasteiger partial charge in [-0.1, -0.05) is 49.0 Å². The number of anilines is 1. The number of hydrogen-bond donors (Lipinski definition) is 2. The van der Waals surface area contributed by atoms with Crippen molar-refractivity contribution < 1.29 is 9.53 Å². The van der Waals surface area contributed by atoms with Gasteiger partial charge in [0.15, 0.2) is 5.50 Å². The summed E-state index contributed by atoms with van der Waals surface area (Å²) >= 11 is 6.06. The van der Waals surface area contributed by atoms with E-state index >= 15 is 0 Å². The van der Waals surface area contributed by atoms with Gasteiger partial charge < -0.3 is 15.4 Å². The van der Waals surface area contributed by atoms with E-state index in [1.54, 1.807) is 0 Å². The molecule has 3 aromatic carbocycles. The molecule has 32 heavy (non-hydrogen) atoms. The number of amides is 1. The fourth-order valence-corrected chi connectivity index (χ4v) is 5.21. The Hall–Kier alpha value is -1.72. The molecule has 0 spiro atoms. The normalized spacial score (nSPS) is 16.8. The first-order chi connectivity index (χ1) is 15.5. The number of aryl methyl sites for hydroxylation is 1. The summed E-state index contributed by atoms with van der Waals surface area (Å²) < 4.78 is 8.20.